The summed E-state index contributed by atoms with van der Waals surface area (Å²) in [5.41, 5.74) is 0.287. The Morgan fingerprint density at radius 1 is 1.46 bits per heavy atom. The molecule has 1 aromatic heterocycles. The summed E-state index contributed by atoms with van der Waals surface area (Å²) >= 11 is 7.38. The summed E-state index contributed by atoms with van der Waals surface area (Å²) in [6.07, 6.45) is 3.41. The number of carboxylic acids is 1. The van der Waals surface area contributed by atoms with Crippen LogP contribution in [0.15, 0.2) is 35.7 Å². The Hall–Kier alpha value is -2.03. The zero-order chi connectivity index (χ0) is 19.3. The molecule has 9 heteroatoms. The molecule has 2 N–H and O–H groups in total. The van der Waals surface area contributed by atoms with Crippen LogP contribution in [0, 0.1) is 6.92 Å². The fraction of sp³-hybridized carbons (Fsp3) is 0.353. The summed E-state index contributed by atoms with van der Waals surface area (Å²) in [6.45, 7) is 3.18. The number of carbonyl (C=O) groups excluding carboxylic acids is 1. The van der Waals surface area contributed by atoms with Gasteiger partial charge in [0.05, 0.1) is 18.0 Å². The van der Waals surface area contributed by atoms with Gasteiger partial charge in [0.2, 0.25) is 5.91 Å². The number of ether oxygens (including phenoxy) is 1. The second-order valence-corrected chi connectivity index (χ2v) is 7.22. The van der Waals surface area contributed by atoms with Crippen LogP contribution < -0.4 is 5.32 Å². The number of carbonyl (C=O) groups is 2. The van der Waals surface area contributed by atoms with Crippen LogP contribution in [0.2, 0.25) is 5.02 Å². The van der Waals surface area contributed by atoms with Crippen LogP contribution in [0.5, 0.6) is 0 Å². The molecule has 0 saturated carbocycles. The molecule has 1 unspecified atom stereocenters. The molecule has 0 bridgehead atoms. The van der Waals surface area contributed by atoms with Gasteiger partial charge in [-0.2, -0.15) is 0 Å². The summed E-state index contributed by atoms with van der Waals surface area (Å²) in [5, 5.41) is 13.0. The van der Waals surface area contributed by atoms with Crippen molar-refractivity contribution in [2.24, 2.45) is 0 Å². The molecule has 0 aliphatic carbocycles. The fourth-order valence-corrected chi connectivity index (χ4v) is 3.29. The minimum atomic E-state index is -1.48. The Kier molecular flexibility index (Phi) is 6.69. The van der Waals surface area contributed by atoms with E-state index in [0.717, 1.165) is 11.3 Å². The lowest BCUT2D eigenvalue weighted by atomic mass is 10.0. The minimum absolute atomic E-state index is 0.0171. The second kappa shape index (κ2) is 8.57. The van der Waals surface area contributed by atoms with Crippen LogP contribution in [0.1, 0.15) is 12.5 Å². The number of imidazole rings is 1. The standard InChI is InChI=1S/C17H20ClN3O4S/c1-11-12(18)5-4-6-13(11)21-8-7-19-16(21)26-9-14(22)20-17(2,10-25-3)15(23)24/h4-8H,9-10H2,1-3H3,(H,20,22)(H,23,24). The first-order valence-electron chi connectivity index (χ1n) is 7.73. The predicted octanol–water partition coefficient (Wildman–Crippen LogP) is 2.53. The number of nitrogens with zero attached hydrogens (tertiary/aromatic N) is 2. The van der Waals surface area contributed by atoms with Crippen LogP contribution >= 0.6 is 23.4 Å². The SMILES string of the molecule is COCC(C)(NC(=O)CSc1nccn1-c1cccc(Cl)c1C)C(=O)O. The van der Waals surface area contributed by atoms with E-state index in [9.17, 15) is 14.7 Å². The molecule has 1 amide bonds. The molecule has 1 aromatic carbocycles. The summed E-state index contributed by atoms with van der Waals surface area (Å²) < 4.78 is 6.73. The van der Waals surface area contributed by atoms with Gasteiger partial charge in [-0.15, -0.1) is 0 Å². The van der Waals surface area contributed by atoms with E-state index in [2.05, 4.69) is 10.3 Å². The second-order valence-electron chi connectivity index (χ2n) is 5.87. The van der Waals surface area contributed by atoms with E-state index < -0.39 is 17.4 Å². The van der Waals surface area contributed by atoms with Crippen LogP contribution in [0.4, 0.5) is 0 Å². The number of nitrogens with one attached hydrogen (secondary N) is 1. The number of hydrogen-bond donors (Lipinski definition) is 2. The van der Waals surface area contributed by atoms with E-state index in [4.69, 9.17) is 16.3 Å². The number of halogens is 1. The molecule has 26 heavy (non-hydrogen) atoms. The topological polar surface area (TPSA) is 93.5 Å². The highest BCUT2D eigenvalue weighted by Gasteiger charge is 2.35. The van der Waals surface area contributed by atoms with E-state index in [1.165, 1.54) is 25.8 Å². The molecule has 0 radical (unpaired) electrons. The van der Waals surface area contributed by atoms with Gasteiger partial charge in [-0.25, -0.2) is 9.78 Å². The van der Waals surface area contributed by atoms with Crippen LogP contribution in [0.25, 0.3) is 5.69 Å². The first-order valence-corrected chi connectivity index (χ1v) is 9.10. The zero-order valence-corrected chi connectivity index (χ0v) is 16.2. The van der Waals surface area contributed by atoms with Crippen molar-refractivity contribution in [3.05, 3.63) is 41.2 Å². The third-order valence-electron chi connectivity index (χ3n) is 3.76. The number of aromatic nitrogens is 2. The number of rotatable bonds is 8. The van der Waals surface area contributed by atoms with Crippen LogP contribution in [-0.4, -0.2) is 51.5 Å². The van der Waals surface area contributed by atoms with Crippen molar-refractivity contribution < 1.29 is 19.4 Å². The van der Waals surface area contributed by atoms with Crippen molar-refractivity contribution in [2.75, 3.05) is 19.5 Å². The molecular weight excluding hydrogens is 378 g/mol. The average Bonchev–Trinajstić information content (AvgIpc) is 3.04. The Labute approximate surface area is 160 Å². The van der Waals surface area contributed by atoms with E-state index in [-0.39, 0.29) is 12.4 Å². The zero-order valence-electron chi connectivity index (χ0n) is 14.7. The molecule has 1 atom stereocenters. The molecule has 0 aliphatic rings. The smallest absolute Gasteiger partial charge is 0.331 e. The summed E-state index contributed by atoms with van der Waals surface area (Å²) in [4.78, 5) is 27.8. The average molecular weight is 398 g/mol. The maximum atomic E-state index is 12.2. The van der Waals surface area contributed by atoms with E-state index >= 15 is 0 Å². The van der Waals surface area contributed by atoms with E-state index in [1.54, 1.807) is 18.5 Å². The molecule has 0 saturated heterocycles. The monoisotopic (exact) mass is 397 g/mol. The number of hydrogen-bond acceptors (Lipinski definition) is 5. The highest BCUT2D eigenvalue weighted by Crippen LogP contribution is 2.26. The predicted molar refractivity (Wildman–Crippen MR) is 100 cm³/mol. The molecule has 0 spiro atoms. The molecule has 1 heterocycles. The quantitative estimate of drug-likeness (QED) is 0.665. The number of carboxylic acid groups (broad SMARTS) is 1. The lowest BCUT2D eigenvalue weighted by Gasteiger charge is -2.25. The van der Waals surface area contributed by atoms with Crippen LogP contribution in [-0.2, 0) is 14.3 Å². The number of thioether (sulfide) groups is 1. The van der Waals surface area contributed by atoms with Gasteiger partial charge in [-0.1, -0.05) is 29.4 Å². The van der Waals surface area contributed by atoms with Gasteiger partial charge in [0.25, 0.3) is 0 Å². The Balaban J connectivity index is 2.09. The Bertz CT molecular complexity index is 811. The molecule has 2 rings (SSSR count). The van der Waals surface area contributed by atoms with Gasteiger partial charge in [0, 0.05) is 24.5 Å². The third kappa shape index (κ3) is 4.57. The van der Waals surface area contributed by atoms with Gasteiger partial charge in [-0.3, -0.25) is 9.36 Å². The first-order chi connectivity index (χ1) is 12.3. The van der Waals surface area contributed by atoms with Crippen molar-refractivity contribution in [2.45, 2.75) is 24.5 Å². The molecule has 2 aromatic rings. The van der Waals surface area contributed by atoms with Gasteiger partial charge in [0.15, 0.2) is 10.7 Å². The maximum Gasteiger partial charge on any atom is 0.331 e. The number of amides is 1. The van der Waals surface area contributed by atoms with E-state index in [0.29, 0.717) is 10.2 Å². The number of benzene rings is 1. The Morgan fingerprint density at radius 2 is 2.19 bits per heavy atom. The van der Waals surface area contributed by atoms with Gasteiger partial charge >= 0.3 is 5.97 Å². The number of methoxy groups -OCH3 is 1. The highest BCUT2D eigenvalue weighted by atomic mass is 35.5. The van der Waals surface area contributed by atoms with E-state index in [1.807, 2.05) is 23.6 Å². The summed E-state index contributed by atoms with van der Waals surface area (Å²) in [7, 11) is 1.38. The molecule has 140 valence electrons. The Morgan fingerprint density at radius 3 is 2.85 bits per heavy atom. The largest absolute Gasteiger partial charge is 0.479 e. The van der Waals surface area contributed by atoms with Crippen molar-refractivity contribution in [1.29, 1.82) is 0 Å². The van der Waals surface area contributed by atoms with Gasteiger partial charge in [-0.05, 0) is 31.5 Å². The first kappa shape index (κ1) is 20.3. The lowest BCUT2D eigenvalue weighted by Crippen LogP contribution is -2.55. The number of aliphatic carboxylic acids is 1. The maximum absolute atomic E-state index is 12.2. The molecule has 7 nitrogen and oxygen atoms in total. The van der Waals surface area contributed by atoms with Crippen LogP contribution in [0.3, 0.4) is 0 Å². The summed E-state index contributed by atoms with van der Waals surface area (Å²) in [5.74, 6) is -1.56. The lowest BCUT2D eigenvalue weighted by molar-refractivity contribution is -0.148. The molecule has 0 aliphatic heterocycles. The van der Waals surface area contributed by atoms with Crippen molar-refractivity contribution in [1.82, 2.24) is 14.9 Å². The van der Waals surface area contributed by atoms with Gasteiger partial charge in [0.1, 0.15) is 0 Å². The summed E-state index contributed by atoms with van der Waals surface area (Å²) in [6, 6.07) is 5.56. The molecular formula is C17H20ClN3O4S. The van der Waals surface area contributed by atoms with Crippen molar-refractivity contribution in [3.63, 3.8) is 0 Å². The van der Waals surface area contributed by atoms with Crippen molar-refractivity contribution >= 4 is 35.2 Å². The fourth-order valence-electron chi connectivity index (χ4n) is 2.35. The third-order valence-corrected chi connectivity index (χ3v) is 5.13. The normalized spacial score (nSPS) is 13.2. The highest BCUT2D eigenvalue weighted by molar-refractivity contribution is 7.99. The van der Waals surface area contributed by atoms with Gasteiger partial charge < -0.3 is 15.2 Å². The molecule has 0 fully saturated rings. The van der Waals surface area contributed by atoms with Crippen molar-refractivity contribution in [3.8, 4) is 5.69 Å². The minimum Gasteiger partial charge on any atom is -0.479 e.